The highest BCUT2D eigenvalue weighted by Crippen LogP contribution is 2.16. The fourth-order valence-electron chi connectivity index (χ4n) is 3.52. The van der Waals surface area contributed by atoms with E-state index >= 15 is 0 Å². The van der Waals surface area contributed by atoms with Crippen molar-refractivity contribution >= 4 is 29.8 Å². The smallest absolute Gasteiger partial charge is 0.112 e. The summed E-state index contributed by atoms with van der Waals surface area (Å²) in [6.07, 6.45) is 0. The van der Waals surface area contributed by atoms with Crippen LogP contribution in [0.5, 0.6) is 0 Å². The van der Waals surface area contributed by atoms with E-state index in [1.807, 2.05) is 0 Å². The van der Waals surface area contributed by atoms with E-state index in [2.05, 4.69) is 99.1 Å². The number of anilines is 2. The van der Waals surface area contributed by atoms with Crippen LogP contribution in [0.15, 0.2) is 48.5 Å². The van der Waals surface area contributed by atoms with Crippen LogP contribution in [-0.4, -0.2) is 34.3 Å². The first-order valence-electron chi connectivity index (χ1n) is 9.68. The Labute approximate surface area is 155 Å². The Hall–Kier alpha value is -1.74. The highest BCUT2D eigenvalue weighted by Gasteiger charge is 2.26. The van der Waals surface area contributed by atoms with Gasteiger partial charge in [-0.2, -0.15) is 0 Å². The molecule has 0 radical (unpaired) electrons. The second-order valence-electron chi connectivity index (χ2n) is 7.06. The average molecular weight is 355 g/mol. The summed E-state index contributed by atoms with van der Waals surface area (Å²) in [6.45, 7) is 18.0. The van der Waals surface area contributed by atoms with Gasteiger partial charge in [-0.25, -0.2) is 0 Å². The van der Waals surface area contributed by atoms with Crippen LogP contribution in [0, 0.1) is 0 Å². The third-order valence-corrected chi connectivity index (χ3v) is 8.99. The first-order chi connectivity index (χ1) is 12.0. The van der Waals surface area contributed by atoms with Crippen molar-refractivity contribution in [3.63, 3.8) is 0 Å². The number of hydrogen-bond donors (Lipinski definition) is 0. The predicted octanol–water partition coefficient (Wildman–Crippen LogP) is 4.20. The van der Waals surface area contributed by atoms with Crippen molar-refractivity contribution in [2.75, 3.05) is 36.0 Å². The van der Waals surface area contributed by atoms with Crippen LogP contribution < -0.4 is 20.2 Å². The van der Waals surface area contributed by atoms with Gasteiger partial charge in [0.05, 0.1) is 0 Å². The summed E-state index contributed by atoms with van der Waals surface area (Å²) in [7, 11) is -1.65. The zero-order chi connectivity index (χ0) is 18.4. The van der Waals surface area contributed by atoms with Crippen LogP contribution in [0.25, 0.3) is 0 Å². The summed E-state index contributed by atoms with van der Waals surface area (Å²) in [5.41, 5.74) is 2.66. The van der Waals surface area contributed by atoms with Gasteiger partial charge in [-0.15, -0.1) is 0 Å². The highest BCUT2D eigenvalue weighted by molar-refractivity contribution is 7.00. The number of hydrogen-bond acceptors (Lipinski definition) is 2. The minimum atomic E-state index is -1.65. The van der Waals surface area contributed by atoms with Gasteiger partial charge >= 0.3 is 0 Å². The zero-order valence-electron chi connectivity index (χ0n) is 16.8. The van der Waals surface area contributed by atoms with E-state index in [1.54, 1.807) is 0 Å². The van der Waals surface area contributed by atoms with Crippen LogP contribution in [-0.2, 0) is 0 Å². The van der Waals surface area contributed by atoms with Crippen molar-refractivity contribution in [2.45, 2.75) is 40.8 Å². The molecule has 136 valence electrons. The molecule has 0 atom stereocenters. The molecule has 2 aromatic rings. The third kappa shape index (κ3) is 4.27. The maximum Gasteiger partial charge on any atom is 0.112 e. The molecule has 25 heavy (non-hydrogen) atoms. The van der Waals surface area contributed by atoms with Gasteiger partial charge in [0, 0.05) is 37.6 Å². The molecular formula is C22H34N2Si. The fourth-order valence-corrected chi connectivity index (χ4v) is 5.86. The van der Waals surface area contributed by atoms with Gasteiger partial charge in [0.1, 0.15) is 8.07 Å². The van der Waals surface area contributed by atoms with Crippen LogP contribution in [0.1, 0.15) is 27.7 Å². The quantitative estimate of drug-likeness (QED) is 0.656. The Morgan fingerprint density at radius 2 is 0.840 bits per heavy atom. The van der Waals surface area contributed by atoms with Crippen molar-refractivity contribution < 1.29 is 0 Å². The van der Waals surface area contributed by atoms with Gasteiger partial charge in [0.25, 0.3) is 0 Å². The van der Waals surface area contributed by atoms with E-state index in [1.165, 1.54) is 21.7 Å². The van der Waals surface area contributed by atoms with Crippen molar-refractivity contribution in [3.8, 4) is 0 Å². The molecule has 2 aromatic carbocycles. The lowest BCUT2D eigenvalue weighted by Crippen LogP contribution is -2.52. The molecule has 0 bridgehead atoms. The Morgan fingerprint density at radius 3 is 1.08 bits per heavy atom. The van der Waals surface area contributed by atoms with Crippen LogP contribution in [0.3, 0.4) is 0 Å². The maximum absolute atomic E-state index is 2.45. The van der Waals surface area contributed by atoms with Crippen LogP contribution in [0.4, 0.5) is 11.4 Å². The Bertz CT molecular complexity index is 581. The first-order valence-corrected chi connectivity index (χ1v) is 12.7. The molecule has 2 rings (SSSR count). The van der Waals surface area contributed by atoms with Crippen LogP contribution >= 0.6 is 0 Å². The normalized spacial score (nSPS) is 11.4. The minimum absolute atomic E-state index is 1.06. The number of nitrogens with zero attached hydrogens (tertiary/aromatic N) is 2. The minimum Gasteiger partial charge on any atom is -0.372 e. The largest absolute Gasteiger partial charge is 0.372 e. The second-order valence-corrected chi connectivity index (χ2v) is 11.5. The SMILES string of the molecule is CCN(CC)c1ccc([Si](C)(C)c2ccc(N(CC)CC)cc2)cc1. The molecular weight excluding hydrogens is 320 g/mol. The monoisotopic (exact) mass is 354 g/mol. The molecule has 0 saturated carbocycles. The topological polar surface area (TPSA) is 6.48 Å². The van der Waals surface area contributed by atoms with E-state index < -0.39 is 8.07 Å². The Kier molecular flexibility index (Phi) is 6.71. The van der Waals surface area contributed by atoms with Crippen molar-refractivity contribution in [2.24, 2.45) is 0 Å². The Balaban J connectivity index is 2.25. The molecule has 0 aliphatic rings. The summed E-state index contributed by atoms with van der Waals surface area (Å²) in [5.74, 6) is 0. The lowest BCUT2D eigenvalue weighted by molar-refractivity contribution is 0.866. The first kappa shape index (κ1) is 19.6. The van der Waals surface area contributed by atoms with Crippen molar-refractivity contribution in [1.82, 2.24) is 0 Å². The summed E-state index contributed by atoms with van der Waals surface area (Å²) < 4.78 is 0. The van der Waals surface area contributed by atoms with Gasteiger partial charge in [0.2, 0.25) is 0 Å². The molecule has 0 aliphatic carbocycles. The maximum atomic E-state index is 2.45. The van der Waals surface area contributed by atoms with E-state index in [0.29, 0.717) is 0 Å². The molecule has 0 saturated heterocycles. The van der Waals surface area contributed by atoms with E-state index in [9.17, 15) is 0 Å². The molecule has 0 fully saturated rings. The predicted molar refractivity (Wildman–Crippen MR) is 117 cm³/mol. The fraction of sp³-hybridized carbons (Fsp3) is 0.455. The third-order valence-electron chi connectivity index (χ3n) is 5.44. The average Bonchev–Trinajstić information content (AvgIpc) is 2.65. The molecule has 0 spiro atoms. The summed E-state index contributed by atoms with van der Waals surface area (Å²) in [6, 6.07) is 18.6. The molecule has 0 aliphatic heterocycles. The van der Waals surface area contributed by atoms with Gasteiger partial charge in [-0.1, -0.05) is 47.7 Å². The molecule has 0 heterocycles. The van der Waals surface area contributed by atoms with E-state index in [4.69, 9.17) is 0 Å². The second kappa shape index (κ2) is 8.57. The van der Waals surface area contributed by atoms with E-state index in [-0.39, 0.29) is 0 Å². The van der Waals surface area contributed by atoms with Crippen molar-refractivity contribution in [1.29, 1.82) is 0 Å². The molecule has 0 unspecified atom stereocenters. The number of rotatable bonds is 8. The molecule has 0 N–H and O–H groups in total. The zero-order valence-corrected chi connectivity index (χ0v) is 17.8. The van der Waals surface area contributed by atoms with Gasteiger partial charge in [-0.05, 0) is 52.0 Å². The van der Waals surface area contributed by atoms with Gasteiger partial charge in [0.15, 0.2) is 0 Å². The van der Waals surface area contributed by atoms with Crippen LogP contribution in [0.2, 0.25) is 13.1 Å². The lowest BCUT2D eigenvalue weighted by Gasteiger charge is -2.27. The number of benzene rings is 2. The van der Waals surface area contributed by atoms with Gasteiger partial charge < -0.3 is 9.80 Å². The van der Waals surface area contributed by atoms with E-state index in [0.717, 1.165) is 26.2 Å². The van der Waals surface area contributed by atoms with Crippen molar-refractivity contribution in [3.05, 3.63) is 48.5 Å². The summed E-state index contributed by atoms with van der Waals surface area (Å²) in [5, 5.41) is 3.00. The molecule has 3 heteroatoms. The van der Waals surface area contributed by atoms with Gasteiger partial charge in [-0.3, -0.25) is 0 Å². The highest BCUT2D eigenvalue weighted by atomic mass is 28.3. The standard InChI is InChI=1S/C22H34N2Si/c1-7-23(8-2)19-11-15-21(16-12-19)25(5,6)22-17-13-20(14-18-22)24(9-3)10-4/h11-18H,7-10H2,1-6H3. The summed E-state index contributed by atoms with van der Waals surface area (Å²) >= 11 is 0. The Morgan fingerprint density at radius 1 is 0.560 bits per heavy atom. The molecule has 2 nitrogen and oxygen atoms in total. The molecule has 0 aromatic heterocycles. The lowest BCUT2D eigenvalue weighted by atomic mass is 10.3. The molecule has 0 amide bonds. The summed E-state index contributed by atoms with van der Waals surface area (Å²) in [4.78, 5) is 4.80.